The Morgan fingerprint density at radius 3 is 2.60 bits per heavy atom. The Kier molecular flexibility index (Phi) is 2.07. The Bertz CT molecular complexity index is 469. The Morgan fingerprint density at radius 2 is 1.80 bits per heavy atom. The first-order valence-electron chi connectivity index (χ1n) is 5.38. The molecule has 1 aliphatic heterocycles. The molecule has 2 aromatic rings. The molecule has 1 fully saturated rings. The first-order chi connectivity index (χ1) is 7.43. The summed E-state index contributed by atoms with van der Waals surface area (Å²) in [5, 5.41) is 9.44. The molecule has 2 aromatic carbocycles. The van der Waals surface area contributed by atoms with Crippen molar-refractivity contribution in [3.8, 4) is 0 Å². The van der Waals surface area contributed by atoms with Gasteiger partial charge >= 0.3 is 0 Å². The quantitative estimate of drug-likeness (QED) is 0.773. The molecular formula is C13H14N2. The fraction of sp³-hybridized carbons (Fsp3) is 0.231. The third-order valence-electron chi connectivity index (χ3n) is 2.93. The van der Waals surface area contributed by atoms with Crippen molar-refractivity contribution in [2.75, 3.05) is 18.4 Å². The fourth-order valence-corrected chi connectivity index (χ4v) is 1.96. The molecule has 0 amide bonds. The van der Waals surface area contributed by atoms with E-state index in [1.165, 1.54) is 16.5 Å². The van der Waals surface area contributed by atoms with E-state index < -0.39 is 0 Å². The van der Waals surface area contributed by atoms with Gasteiger partial charge in [-0.25, -0.2) is 0 Å². The van der Waals surface area contributed by atoms with Crippen LogP contribution in [-0.4, -0.2) is 19.1 Å². The van der Waals surface area contributed by atoms with Gasteiger partial charge in [0, 0.05) is 24.2 Å². The second kappa shape index (κ2) is 3.55. The minimum atomic E-state index is 0.593. The van der Waals surface area contributed by atoms with E-state index in [0.29, 0.717) is 6.04 Å². The minimum absolute atomic E-state index is 0.593. The van der Waals surface area contributed by atoms with Gasteiger partial charge in [-0.2, -0.15) is 0 Å². The molecule has 1 saturated heterocycles. The van der Waals surface area contributed by atoms with E-state index in [1.54, 1.807) is 0 Å². The standard InChI is InChI=1S/C13H14N2/c1-2-6-12-10(4-1)5-3-7-13(12)15-11-8-14-9-11/h1-7,11,14-15H,8-9H2. The van der Waals surface area contributed by atoms with E-state index in [2.05, 4.69) is 53.1 Å². The molecular weight excluding hydrogens is 184 g/mol. The van der Waals surface area contributed by atoms with Crippen LogP contribution in [0, 0.1) is 0 Å². The zero-order valence-electron chi connectivity index (χ0n) is 8.53. The highest BCUT2D eigenvalue weighted by atomic mass is 15.1. The highest BCUT2D eigenvalue weighted by molar-refractivity contribution is 5.93. The summed E-state index contributed by atoms with van der Waals surface area (Å²) in [5.41, 5.74) is 1.25. The summed E-state index contributed by atoms with van der Waals surface area (Å²) in [6.45, 7) is 2.15. The first-order valence-corrected chi connectivity index (χ1v) is 5.38. The van der Waals surface area contributed by atoms with Crippen LogP contribution in [0.2, 0.25) is 0 Å². The molecule has 3 rings (SSSR count). The van der Waals surface area contributed by atoms with Crippen molar-refractivity contribution in [3.63, 3.8) is 0 Å². The predicted octanol–water partition coefficient (Wildman–Crippen LogP) is 2.22. The molecule has 1 aliphatic rings. The third kappa shape index (κ3) is 1.57. The van der Waals surface area contributed by atoms with Crippen LogP contribution in [0.4, 0.5) is 5.69 Å². The van der Waals surface area contributed by atoms with E-state index in [-0.39, 0.29) is 0 Å². The molecule has 2 N–H and O–H groups in total. The molecule has 0 aliphatic carbocycles. The number of anilines is 1. The largest absolute Gasteiger partial charge is 0.379 e. The van der Waals surface area contributed by atoms with E-state index in [0.717, 1.165) is 13.1 Å². The maximum absolute atomic E-state index is 3.56. The SMILES string of the molecule is c1ccc2c(NC3CNC3)cccc2c1. The summed E-state index contributed by atoms with van der Waals surface area (Å²) < 4.78 is 0. The molecule has 0 radical (unpaired) electrons. The molecule has 0 bridgehead atoms. The highest BCUT2D eigenvalue weighted by Crippen LogP contribution is 2.23. The zero-order chi connectivity index (χ0) is 10.1. The van der Waals surface area contributed by atoms with Crippen LogP contribution in [0.1, 0.15) is 0 Å². The highest BCUT2D eigenvalue weighted by Gasteiger charge is 2.16. The lowest BCUT2D eigenvalue weighted by Gasteiger charge is -2.29. The van der Waals surface area contributed by atoms with Gasteiger partial charge in [0.1, 0.15) is 0 Å². The Balaban J connectivity index is 2.01. The number of fused-ring (bicyclic) bond motifs is 1. The second-order valence-electron chi connectivity index (χ2n) is 4.03. The lowest BCUT2D eigenvalue weighted by Crippen LogP contribution is -2.51. The van der Waals surface area contributed by atoms with Crippen LogP contribution in [0.15, 0.2) is 42.5 Å². The smallest absolute Gasteiger partial charge is 0.0510 e. The summed E-state index contributed by atoms with van der Waals surface area (Å²) in [5.74, 6) is 0. The van der Waals surface area contributed by atoms with Gasteiger partial charge in [0.15, 0.2) is 0 Å². The van der Waals surface area contributed by atoms with Gasteiger partial charge in [-0.1, -0.05) is 36.4 Å². The maximum Gasteiger partial charge on any atom is 0.0510 e. The molecule has 2 heteroatoms. The molecule has 0 unspecified atom stereocenters. The van der Waals surface area contributed by atoms with E-state index >= 15 is 0 Å². The molecule has 0 saturated carbocycles. The van der Waals surface area contributed by atoms with E-state index in [9.17, 15) is 0 Å². The Labute approximate surface area is 89.3 Å². The molecule has 76 valence electrons. The van der Waals surface area contributed by atoms with Crippen LogP contribution >= 0.6 is 0 Å². The Hall–Kier alpha value is -1.54. The van der Waals surface area contributed by atoms with Crippen molar-refractivity contribution in [1.82, 2.24) is 5.32 Å². The van der Waals surface area contributed by atoms with Gasteiger partial charge in [0.2, 0.25) is 0 Å². The summed E-state index contributed by atoms with van der Waals surface area (Å²) in [7, 11) is 0. The number of hydrogen-bond acceptors (Lipinski definition) is 2. The van der Waals surface area contributed by atoms with E-state index in [4.69, 9.17) is 0 Å². The normalized spacial score (nSPS) is 16.3. The average molecular weight is 198 g/mol. The van der Waals surface area contributed by atoms with Crippen LogP contribution in [-0.2, 0) is 0 Å². The van der Waals surface area contributed by atoms with Crippen molar-refractivity contribution in [1.29, 1.82) is 0 Å². The number of nitrogens with one attached hydrogen (secondary N) is 2. The van der Waals surface area contributed by atoms with Gasteiger partial charge in [0.05, 0.1) is 6.04 Å². The molecule has 2 nitrogen and oxygen atoms in total. The van der Waals surface area contributed by atoms with Crippen molar-refractivity contribution in [2.45, 2.75) is 6.04 Å². The number of benzene rings is 2. The molecule has 0 aromatic heterocycles. The van der Waals surface area contributed by atoms with Crippen molar-refractivity contribution < 1.29 is 0 Å². The predicted molar refractivity (Wildman–Crippen MR) is 64.2 cm³/mol. The summed E-state index contributed by atoms with van der Waals surface area (Å²) in [6, 6.07) is 15.5. The third-order valence-corrected chi connectivity index (χ3v) is 2.93. The first kappa shape index (κ1) is 8.74. The van der Waals surface area contributed by atoms with Crippen molar-refractivity contribution in [2.24, 2.45) is 0 Å². The van der Waals surface area contributed by atoms with Crippen LogP contribution in [0.3, 0.4) is 0 Å². The Morgan fingerprint density at radius 1 is 1.00 bits per heavy atom. The summed E-state index contributed by atoms with van der Waals surface area (Å²) in [4.78, 5) is 0. The van der Waals surface area contributed by atoms with Crippen LogP contribution < -0.4 is 10.6 Å². The number of hydrogen-bond donors (Lipinski definition) is 2. The molecule has 15 heavy (non-hydrogen) atoms. The average Bonchev–Trinajstić information content (AvgIpc) is 2.23. The van der Waals surface area contributed by atoms with Crippen molar-refractivity contribution >= 4 is 16.5 Å². The van der Waals surface area contributed by atoms with Gasteiger partial charge in [-0.15, -0.1) is 0 Å². The fourth-order valence-electron chi connectivity index (χ4n) is 1.96. The van der Waals surface area contributed by atoms with Crippen molar-refractivity contribution in [3.05, 3.63) is 42.5 Å². The second-order valence-corrected chi connectivity index (χ2v) is 4.03. The zero-order valence-corrected chi connectivity index (χ0v) is 8.53. The molecule has 1 heterocycles. The van der Waals surface area contributed by atoms with E-state index in [1.807, 2.05) is 0 Å². The van der Waals surface area contributed by atoms with Gasteiger partial charge in [-0.05, 0) is 11.5 Å². The lowest BCUT2D eigenvalue weighted by molar-refractivity contribution is 0.472. The van der Waals surface area contributed by atoms with Crippen LogP contribution in [0.25, 0.3) is 10.8 Å². The topological polar surface area (TPSA) is 24.1 Å². The number of rotatable bonds is 2. The summed E-state index contributed by atoms with van der Waals surface area (Å²) in [6.07, 6.45) is 0. The molecule has 0 spiro atoms. The maximum atomic E-state index is 3.56. The lowest BCUT2D eigenvalue weighted by atomic mass is 10.1. The minimum Gasteiger partial charge on any atom is -0.379 e. The van der Waals surface area contributed by atoms with Gasteiger partial charge < -0.3 is 10.6 Å². The molecule has 0 atom stereocenters. The van der Waals surface area contributed by atoms with Gasteiger partial charge in [-0.3, -0.25) is 0 Å². The van der Waals surface area contributed by atoms with Crippen LogP contribution in [0.5, 0.6) is 0 Å². The monoisotopic (exact) mass is 198 g/mol. The summed E-state index contributed by atoms with van der Waals surface area (Å²) >= 11 is 0. The van der Waals surface area contributed by atoms with Gasteiger partial charge in [0.25, 0.3) is 0 Å².